The highest BCUT2D eigenvalue weighted by molar-refractivity contribution is 9.10. The zero-order valence-corrected chi connectivity index (χ0v) is 14.5. The first-order valence-electron chi connectivity index (χ1n) is 6.96. The van der Waals surface area contributed by atoms with Crippen molar-refractivity contribution in [1.29, 1.82) is 0 Å². The smallest absolute Gasteiger partial charge is 0.312 e. The second-order valence-electron chi connectivity index (χ2n) is 4.81. The van der Waals surface area contributed by atoms with Gasteiger partial charge in [0, 0.05) is 33.4 Å². The van der Waals surface area contributed by atoms with Crippen molar-refractivity contribution in [3.63, 3.8) is 0 Å². The fraction of sp³-hybridized carbons (Fsp3) is 0.118. The van der Waals surface area contributed by atoms with E-state index in [9.17, 15) is 4.79 Å². The van der Waals surface area contributed by atoms with Gasteiger partial charge in [-0.15, -0.1) is 11.3 Å². The first-order chi connectivity index (χ1) is 11.2. The second-order valence-corrected chi connectivity index (χ2v) is 6.53. The molecule has 4 nitrogen and oxygen atoms in total. The quantitative estimate of drug-likeness (QED) is 0.612. The van der Waals surface area contributed by atoms with Gasteiger partial charge in [0.25, 0.3) is 0 Å². The summed E-state index contributed by atoms with van der Waals surface area (Å²) in [6.45, 7) is 0.250. The van der Waals surface area contributed by atoms with Gasteiger partial charge in [-0.1, -0.05) is 34.1 Å². The van der Waals surface area contributed by atoms with Crippen LogP contribution in [0.3, 0.4) is 0 Å². The molecule has 0 saturated carbocycles. The molecule has 2 aromatic heterocycles. The standard InChI is InChI=1S/C17H13BrN2O2S/c18-15-6-2-1-4-13(15)10-22-16(21)8-14-11-23-17(20-14)12-5-3-7-19-9-12/h1-7,9,11H,8,10H2. The highest BCUT2D eigenvalue weighted by Gasteiger charge is 2.11. The van der Waals surface area contributed by atoms with Crippen LogP contribution >= 0.6 is 27.3 Å². The number of esters is 1. The number of benzene rings is 1. The normalized spacial score (nSPS) is 10.5. The molecule has 0 aliphatic carbocycles. The largest absolute Gasteiger partial charge is 0.460 e. The molecule has 0 spiro atoms. The zero-order chi connectivity index (χ0) is 16.1. The Balaban J connectivity index is 1.58. The first-order valence-corrected chi connectivity index (χ1v) is 8.63. The lowest BCUT2D eigenvalue weighted by molar-refractivity contribution is -0.144. The van der Waals surface area contributed by atoms with Crippen molar-refractivity contribution in [2.24, 2.45) is 0 Å². The molecule has 0 amide bonds. The molecule has 116 valence electrons. The molecule has 0 atom stereocenters. The summed E-state index contributed by atoms with van der Waals surface area (Å²) >= 11 is 4.93. The number of rotatable bonds is 5. The van der Waals surface area contributed by atoms with E-state index in [2.05, 4.69) is 25.9 Å². The lowest BCUT2D eigenvalue weighted by Crippen LogP contribution is -2.08. The van der Waals surface area contributed by atoms with Gasteiger partial charge < -0.3 is 4.74 Å². The van der Waals surface area contributed by atoms with E-state index in [4.69, 9.17) is 4.74 Å². The summed E-state index contributed by atoms with van der Waals surface area (Å²) in [5.74, 6) is -0.288. The second kappa shape index (κ2) is 7.48. The number of thiazole rings is 1. The third-order valence-electron chi connectivity index (χ3n) is 3.13. The monoisotopic (exact) mass is 388 g/mol. The van der Waals surface area contributed by atoms with Crippen LogP contribution in [0.1, 0.15) is 11.3 Å². The summed E-state index contributed by atoms with van der Waals surface area (Å²) in [7, 11) is 0. The number of pyridine rings is 1. The maximum Gasteiger partial charge on any atom is 0.312 e. The van der Waals surface area contributed by atoms with Crippen LogP contribution in [-0.2, 0) is 22.6 Å². The Kier molecular flexibility index (Phi) is 5.15. The maximum absolute atomic E-state index is 12.0. The van der Waals surface area contributed by atoms with E-state index >= 15 is 0 Å². The van der Waals surface area contributed by atoms with Crippen LogP contribution in [0.5, 0.6) is 0 Å². The minimum Gasteiger partial charge on any atom is -0.460 e. The van der Waals surface area contributed by atoms with Gasteiger partial charge in [-0.2, -0.15) is 0 Å². The van der Waals surface area contributed by atoms with E-state index in [1.165, 1.54) is 11.3 Å². The number of hydrogen-bond donors (Lipinski definition) is 0. The van der Waals surface area contributed by atoms with Crippen LogP contribution in [0.25, 0.3) is 10.6 Å². The van der Waals surface area contributed by atoms with Crippen LogP contribution in [0.15, 0.2) is 58.6 Å². The average Bonchev–Trinajstić information content (AvgIpc) is 3.03. The number of halogens is 1. The minimum atomic E-state index is -0.288. The molecule has 23 heavy (non-hydrogen) atoms. The van der Waals surface area contributed by atoms with E-state index < -0.39 is 0 Å². The van der Waals surface area contributed by atoms with E-state index in [1.54, 1.807) is 12.4 Å². The predicted octanol–water partition coefficient (Wildman–Crippen LogP) is 4.25. The summed E-state index contributed by atoms with van der Waals surface area (Å²) in [5, 5.41) is 2.73. The molecule has 0 N–H and O–H groups in total. The van der Waals surface area contributed by atoms with Gasteiger partial charge in [0.05, 0.1) is 12.1 Å². The summed E-state index contributed by atoms with van der Waals surface area (Å²) in [5.41, 5.74) is 2.60. The van der Waals surface area contributed by atoms with E-state index in [1.807, 2.05) is 41.8 Å². The Labute approximate surface area is 146 Å². The molecular weight excluding hydrogens is 376 g/mol. The van der Waals surface area contributed by atoms with E-state index in [0.29, 0.717) is 5.69 Å². The van der Waals surface area contributed by atoms with E-state index in [0.717, 1.165) is 20.6 Å². The summed E-state index contributed by atoms with van der Waals surface area (Å²) < 4.78 is 6.24. The molecule has 1 aromatic carbocycles. The topological polar surface area (TPSA) is 52.1 Å². The number of nitrogens with zero attached hydrogens (tertiary/aromatic N) is 2. The fourth-order valence-corrected chi connectivity index (χ4v) is 3.19. The van der Waals surface area contributed by atoms with Crippen LogP contribution in [0.2, 0.25) is 0 Å². The minimum absolute atomic E-state index is 0.168. The van der Waals surface area contributed by atoms with Gasteiger partial charge in [-0.3, -0.25) is 9.78 Å². The first kappa shape index (κ1) is 15.8. The van der Waals surface area contributed by atoms with Crippen molar-refractivity contribution >= 4 is 33.2 Å². The number of ether oxygens (including phenoxy) is 1. The lowest BCUT2D eigenvalue weighted by atomic mass is 10.2. The maximum atomic E-state index is 12.0. The Hall–Kier alpha value is -2.05. The highest BCUT2D eigenvalue weighted by Crippen LogP contribution is 2.23. The number of aromatic nitrogens is 2. The number of carbonyl (C=O) groups excluding carboxylic acids is 1. The number of carbonyl (C=O) groups is 1. The van der Waals surface area contributed by atoms with Gasteiger partial charge in [0.1, 0.15) is 11.6 Å². The lowest BCUT2D eigenvalue weighted by Gasteiger charge is -2.05. The Bertz CT molecular complexity index is 805. The fourth-order valence-electron chi connectivity index (χ4n) is 1.98. The molecule has 2 heterocycles. The third kappa shape index (κ3) is 4.24. The Morgan fingerprint density at radius 2 is 2.09 bits per heavy atom. The molecule has 0 aliphatic heterocycles. The molecule has 6 heteroatoms. The van der Waals surface area contributed by atoms with Gasteiger partial charge >= 0.3 is 5.97 Å². The molecule has 0 fully saturated rings. The van der Waals surface area contributed by atoms with Crippen molar-refractivity contribution < 1.29 is 9.53 Å². The van der Waals surface area contributed by atoms with Gasteiger partial charge in [0.2, 0.25) is 0 Å². The molecule has 3 aromatic rings. The molecule has 0 unspecified atom stereocenters. The van der Waals surface area contributed by atoms with Crippen molar-refractivity contribution in [2.75, 3.05) is 0 Å². The van der Waals surface area contributed by atoms with Crippen LogP contribution in [0.4, 0.5) is 0 Å². The molecule has 0 bridgehead atoms. The SMILES string of the molecule is O=C(Cc1csc(-c2cccnc2)n1)OCc1ccccc1Br. The van der Waals surface area contributed by atoms with Crippen molar-refractivity contribution in [3.8, 4) is 10.6 Å². The van der Waals surface area contributed by atoms with E-state index in [-0.39, 0.29) is 19.0 Å². The molecular formula is C17H13BrN2O2S. The summed E-state index contributed by atoms with van der Waals surface area (Å²) in [6.07, 6.45) is 3.65. The summed E-state index contributed by atoms with van der Waals surface area (Å²) in [4.78, 5) is 20.5. The third-order valence-corrected chi connectivity index (χ3v) is 4.85. The highest BCUT2D eigenvalue weighted by atomic mass is 79.9. The summed E-state index contributed by atoms with van der Waals surface area (Å²) in [6, 6.07) is 11.5. The average molecular weight is 389 g/mol. The van der Waals surface area contributed by atoms with Gasteiger partial charge in [-0.05, 0) is 18.2 Å². The van der Waals surface area contributed by atoms with Crippen LogP contribution in [0, 0.1) is 0 Å². The molecule has 0 saturated heterocycles. The van der Waals surface area contributed by atoms with Gasteiger partial charge in [-0.25, -0.2) is 4.98 Å². The molecule has 0 aliphatic rings. The zero-order valence-electron chi connectivity index (χ0n) is 12.1. The van der Waals surface area contributed by atoms with Crippen molar-refractivity contribution in [1.82, 2.24) is 9.97 Å². The molecule has 0 radical (unpaired) electrons. The van der Waals surface area contributed by atoms with Gasteiger partial charge in [0.15, 0.2) is 0 Å². The Morgan fingerprint density at radius 3 is 2.87 bits per heavy atom. The van der Waals surface area contributed by atoms with Crippen molar-refractivity contribution in [3.05, 3.63) is 69.9 Å². The number of hydrogen-bond acceptors (Lipinski definition) is 5. The predicted molar refractivity (Wildman–Crippen MR) is 93.0 cm³/mol. The Morgan fingerprint density at radius 1 is 1.22 bits per heavy atom. The molecule has 3 rings (SSSR count). The van der Waals surface area contributed by atoms with Crippen LogP contribution < -0.4 is 0 Å². The van der Waals surface area contributed by atoms with Crippen LogP contribution in [-0.4, -0.2) is 15.9 Å². The van der Waals surface area contributed by atoms with Crippen molar-refractivity contribution in [2.45, 2.75) is 13.0 Å².